The summed E-state index contributed by atoms with van der Waals surface area (Å²) in [5, 5.41) is 4.18. The third kappa shape index (κ3) is 5.84. The number of carbonyl (C=O) groups is 1. The molecule has 38 heavy (non-hydrogen) atoms. The van der Waals surface area contributed by atoms with Crippen LogP contribution in [0.25, 0.3) is 5.69 Å². The molecule has 1 fully saturated rings. The molecule has 0 atom stereocenters. The lowest BCUT2D eigenvalue weighted by Crippen LogP contribution is -2.45. The number of nitrogens with one attached hydrogen (secondary N) is 1. The number of hydrazone groups is 1. The molecule has 0 radical (unpaired) electrons. The first kappa shape index (κ1) is 25.4. The van der Waals surface area contributed by atoms with Crippen LogP contribution in [0.4, 0.5) is 10.1 Å². The average Bonchev–Trinajstić information content (AvgIpc) is 3.23. The molecule has 1 N–H and O–H groups in total. The first-order valence-electron chi connectivity index (χ1n) is 12.9. The van der Waals surface area contributed by atoms with Gasteiger partial charge in [0, 0.05) is 66.6 Å². The zero-order valence-electron chi connectivity index (χ0n) is 21.8. The van der Waals surface area contributed by atoms with Gasteiger partial charge in [-0.25, -0.2) is 9.82 Å². The van der Waals surface area contributed by atoms with Crippen molar-refractivity contribution >= 4 is 17.8 Å². The molecule has 1 aliphatic rings. The summed E-state index contributed by atoms with van der Waals surface area (Å²) in [5.41, 5.74) is 9.38. The Kier molecular flexibility index (Phi) is 7.65. The lowest BCUT2D eigenvalue weighted by atomic mass is 10.1. The summed E-state index contributed by atoms with van der Waals surface area (Å²) in [4.78, 5) is 17.5. The molecule has 0 aliphatic carbocycles. The van der Waals surface area contributed by atoms with Gasteiger partial charge >= 0.3 is 0 Å². The van der Waals surface area contributed by atoms with Gasteiger partial charge in [-0.05, 0) is 74.0 Å². The minimum absolute atomic E-state index is 0.253. The van der Waals surface area contributed by atoms with Crippen LogP contribution in [0.3, 0.4) is 0 Å². The molecule has 1 aliphatic heterocycles. The molecule has 2 heterocycles. The van der Waals surface area contributed by atoms with Crippen molar-refractivity contribution in [2.45, 2.75) is 20.4 Å². The van der Waals surface area contributed by atoms with Gasteiger partial charge in [-0.1, -0.05) is 30.3 Å². The summed E-state index contributed by atoms with van der Waals surface area (Å²) in [7, 11) is 0. The number of benzene rings is 3. The summed E-state index contributed by atoms with van der Waals surface area (Å²) >= 11 is 0. The molecule has 4 aromatic rings. The molecule has 3 aromatic carbocycles. The monoisotopic (exact) mass is 509 g/mol. The number of nitrogens with zero attached hydrogens (tertiary/aromatic N) is 4. The van der Waals surface area contributed by atoms with Crippen molar-refractivity contribution in [3.8, 4) is 5.69 Å². The second kappa shape index (κ2) is 11.4. The number of rotatable bonds is 7. The van der Waals surface area contributed by atoms with Crippen molar-refractivity contribution in [3.63, 3.8) is 0 Å². The predicted molar refractivity (Wildman–Crippen MR) is 151 cm³/mol. The molecule has 0 spiro atoms. The first-order valence-corrected chi connectivity index (χ1v) is 12.9. The van der Waals surface area contributed by atoms with E-state index in [0.29, 0.717) is 5.56 Å². The second-order valence-electron chi connectivity index (χ2n) is 9.63. The maximum atomic E-state index is 13.3. The summed E-state index contributed by atoms with van der Waals surface area (Å²) in [6.07, 6.45) is 1.64. The highest BCUT2D eigenvalue weighted by Gasteiger charge is 2.17. The third-order valence-electron chi connectivity index (χ3n) is 7.04. The van der Waals surface area contributed by atoms with Crippen LogP contribution in [0.2, 0.25) is 0 Å². The van der Waals surface area contributed by atoms with E-state index >= 15 is 0 Å². The molecule has 6 nitrogen and oxygen atoms in total. The van der Waals surface area contributed by atoms with E-state index in [1.165, 1.54) is 23.4 Å². The Morgan fingerprint density at radius 1 is 0.895 bits per heavy atom. The topological polar surface area (TPSA) is 52.9 Å². The van der Waals surface area contributed by atoms with Gasteiger partial charge < -0.3 is 9.47 Å². The molecule has 0 bridgehead atoms. The second-order valence-corrected chi connectivity index (χ2v) is 9.63. The van der Waals surface area contributed by atoms with Gasteiger partial charge in [-0.2, -0.15) is 5.10 Å². The van der Waals surface area contributed by atoms with Crippen LogP contribution in [0, 0.1) is 19.7 Å². The van der Waals surface area contributed by atoms with Gasteiger partial charge in [-0.15, -0.1) is 0 Å². The number of amides is 1. The van der Waals surface area contributed by atoms with Crippen LogP contribution in [0.5, 0.6) is 0 Å². The third-order valence-corrected chi connectivity index (χ3v) is 7.04. The van der Waals surface area contributed by atoms with E-state index in [1.54, 1.807) is 18.3 Å². The van der Waals surface area contributed by atoms with Crippen molar-refractivity contribution in [3.05, 3.63) is 119 Å². The maximum absolute atomic E-state index is 13.3. The van der Waals surface area contributed by atoms with E-state index in [2.05, 4.69) is 44.6 Å². The molecule has 1 amide bonds. The van der Waals surface area contributed by atoms with Gasteiger partial charge in [0.25, 0.3) is 5.91 Å². The standard InChI is InChI=1S/C31H32FN5O/c1-23-20-27(24(2)37(23)30-14-12-28(32)13-15-30)21-33-34-31(38)26-10-8-25(9-11-26)22-35-16-18-36(19-17-35)29-6-4-3-5-7-29/h3-15,20-21H,16-19,22H2,1-2H3,(H,34,38). The Morgan fingerprint density at radius 3 is 2.26 bits per heavy atom. The summed E-state index contributed by atoms with van der Waals surface area (Å²) in [6, 6.07) is 26.6. The highest BCUT2D eigenvalue weighted by atomic mass is 19.1. The fourth-order valence-corrected chi connectivity index (χ4v) is 4.95. The van der Waals surface area contributed by atoms with Crippen LogP contribution in [0.15, 0.2) is 90.0 Å². The summed E-state index contributed by atoms with van der Waals surface area (Å²) in [6.45, 7) is 8.86. The Morgan fingerprint density at radius 2 is 1.58 bits per heavy atom. The Balaban J connectivity index is 1.14. The molecule has 0 unspecified atom stereocenters. The predicted octanol–water partition coefficient (Wildman–Crippen LogP) is 5.32. The van der Waals surface area contributed by atoms with E-state index in [0.717, 1.165) is 55.4 Å². The summed E-state index contributed by atoms with van der Waals surface area (Å²) < 4.78 is 15.3. The van der Waals surface area contributed by atoms with E-state index < -0.39 is 0 Å². The van der Waals surface area contributed by atoms with Crippen LogP contribution in [0.1, 0.15) is 32.9 Å². The maximum Gasteiger partial charge on any atom is 0.271 e. The van der Waals surface area contributed by atoms with Gasteiger partial charge in [0.1, 0.15) is 5.82 Å². The lowest BCUT2D eigenvalue weighted by molar-refractivity contribution is 0.0955. The fourth-order valence-electron chi connectivity index (χ4n) is 4.95. The number of hydrogen-bond acceptors (Lipinski definition) is 4. The molecule has 7 heteroatoms. The number of aryl methyl sites for hydroxylation is 1. The highest BCUT2D eigenvalue weighted by molar-refractivity contribution is 5.95. The Bertz CT molecular complexity index is 1400. The minimum atomic E-state index is -0.268. The van der Waals surface area contributed by atoms with Gasteiger partial charge in [0.05, 0.1) is 6.21 Å². The Hall–Kier alpha value is -4.23. The molecule has 194 valence electrons. The van der Waals surface area contributed by atoms with Gasteiger partial charge in [0.2, 0.25) is 0 Å². The number of para-hydroxylation sites is 1. The average molecular weight is 510 g/mol. The van der Waals surface area contributed by atoms with Crippen LogP contribution >= 0.6 is 0 Å². The minimum Gasteiger partial charge on any atom is -0.369 e. The summed E-state index contributed by atoms with van der Waals surface area (Å²) in [5.74, 6) is -0.521. The van der Waals surface area contributed by atoms with Crippen molar-refractivity contribution in [1.29, 1.82) is 0 Å². The molecular formula is C31H32FN5O. The van der Waals surface area contributed by atoms with E-state index in [-0.39, 0.29) is 11.7 Å². The van der Waals surface area contributed by atoms with Crippen LogP contribution in [-0.2, 0) is 6.54 Å². The molecular weight excluding hydrogens is 477 g/mol. The number of piperazine rings is 1. The fraction of sp³-hybridized carbons (Fsp3) is 0.226. The Labute approximate surface area is 223 Å². The van der Waals surface area contributed by atoms with Crippen molar-refractivity contribution in [2.24, 2.45) is 5.10 Å². The SMILES string of the molecule is Cc1cc(C=NNC(=O)c2ccc(CN3CCN(c4ccccc4)CC3)cc2)c(C)n1-c1ccc(F)cc1. The highest BCUT2D eigenvalue weighted by Crippen LogP contribution is 2.20. The number of carbonyl (C=O) groups excluding carboxylic acids is 1. The zero-order valence-corrected chi connectivity index (χ0v) is 21.8. The van der Waals surface area contributed by atoms with Crippen LogP contribution < -0.4 is 10.3 Å². The molecule has 1 aromatic heterocycles. The normalized spacial score (nSPS) is 14.2. The van der Waals surface area contributed by atoms with Crippen molar-refractivity contribution in [1.82, 2.24) is 14.9 Å². The van der Waals surface area contributed by atoms with Gasteiger partial charge in [0.15, 0.2) is 0 Å². The molecule has 5 rings (SSSR count). The van der Waals surface area contributed by atoms with Crippen molar-refractivity contribution < 1.29 is 9.18 Å². The van der Waals surface area contributed by atoms with Crippen molar-refractivity contribution in [2.75, 3.05) is 31.1 Å². The van der Waals surface area contributed by atoms with Gasteiger partial charge in [-0.3, -0.25) is 9.69 Å². The van der Waals surface area contributed by atoms with E-state index in [1.807, 2.05) is 54.8 Å². The first-order chi connectivity index (χ1) is 18.5. The quantitative estimate of drug-likeness (QED) is 0.271. The number of aromatic nitrogens is 1. The largest absolute Gasteiger partial charge is 0.369 e. The lowest BCUT2D eigenvalue weighted by Gasteiger charge is -2.36. The number of anilines is 1. The molecule has 0 saturated carbocycles. The smallest absolute Gasteiger partial charge is 0.271 e. The van der Waals surface area contributed by atoms with E-state index in [9.17, 15) is 9.18 Å². The molecule has 1 saturated heterocycles. The number of halogens is 1. The number of hydrogen-bond donors (Lipinski definition) is 1. The van der Waals surface area contributed by atoms with E-state index in [4.69, 9.17) is 0 Å². The zero-order chi connectivity index (χ0) is 26.5. The van der Waals surface area contributed by atoms with Crippen LogP contribution in [-0.4, -0.2) is 47.8 Å².